The Morgan fingerprint density at radius 1 is 1.42 bits per heavy atom. The molecule has 1 aliphatic heterocycles. The standard InChI is InChI=1S/C12H15N3O4/c16-12(17)10-4-2-1-3-7-14(10)9-5-6-11(13-8-9)15(18)19/h5-6,8,10H,1-4,7H2,(H,16,17). The summed E-state index contributed by atoms with van der Waals surface area (Å²) >= 11 is 0. The zero-order valence-electron chi connectivity index (χ0n) is 10.4. The van der Waals surface area contributed by atoms with Gasteiger partial charge in [-0.3, -0.25) is 0 Å². The van der Waals surface area contributed by atoms with Gasteiger partial charge in [0.15, 0.2) is 6.20 Å². The molecule has 0 aromatic carbocycles. The van der Waals surface area contributed by atoms with Gasteiger partial charge in [-0.15, -0.1) is 0 Å². The summed E-state index contributed by atoms with van der Waals surface area (Å²) in [6.45, 7) is 0.635. The van der Waals surface area contributed by atoms with Crippen molar-refractivity contribution in [3.8, 4) is 0 Å². The molecular weight excluding hydrogens is 250 g/mol. The van der Waals surface area contributed by atoms with E-state index in [4.69, 9.17) is 0 Å². The van der Waals surface area contributed by atoms with E-state index in [2.05, 4.69) is 4.98 Å². The minimum atomic E-state index is -0.861. The molecule has 7 heteroatoms. The molecule has 1 aromatic heterocycles. The average Bonchev–Trinajstić information content (AvgIpc) is 2.64. The van der Waals surface area contributed by atoms with Crippen LogP contribution in [0.3, 0.4) is 0 Å². The van der Waals surface area contributed by atoms with Crippen LogP contribution in [-0.2, 0) is 4.79 Å². The van der Waals surface area contributed by atoms with Gasteiger partial charge in [0.05, 0.1) is 5.69 Å². The molecule has 2 heterocycles. The second-order valence-corrected chi connectivity index (χ2v) is 4.53. The molecule has 19 heavy (non-hydrogen) atoms. The summed E-state index contributed by atoms with van der Waals surface area (Å²) in [4.78, 5) is 26.8. The zero-order chi connectivity index (χ0) is 13.8. The predicted molar refractivity (Wildman–Crippen MR) is 68.1 cm³/mol. The van der Waals surface area contributed by atoms with Crippen molar-refractivity contribution >= 4 is 17.5 Å². The van der Waals surface area contributed by atoms with Crippen molar-refractivity contribution in [2.45, 2.75) is 31.7 Å². The van der Waals surface area contributed by atoms with Gasteiger partial charge in [0.2, 0.25) is 0 Å². The van der Waals surface area contributed by atoms with E-state index in [0.29, 0.717) is 18.7 Å². The predicted octanol–water partition coefficient (Wildman–Crippen LogP) is 1.82. The Labute approximate surface area is 110 Å². The second kappa shape index (κ2) is 5.64. The maximum absolute atomic E-state index is 11.3. The first-order valence-electron chi connectivity index (χ1n) is 6.19. The molecule has 0 aliphatic carbocycles. The van der Waals surface area contributed by atoms with E-state index in [9.17, 15) is 20.0 Å². The van der Waals surface area contributed by atoms with E-state index in [-0.39, 0.29) is 5.82 Å². The van der Waals surface area contributed by atoms with Gasteiger partial charge in [-0.1, -0.05) is 12.8 Å². The molecule has 1 atom stereocenters. The molecule has 0 bridgehead atoms. The number of carboxylic acid groups (broad SMARTS) is 1. The summed E-state index contributed by atoms with van der Waals surface area (Å²) in [6.07, 6.45) is 4.76. The monoisotopic (exact) mass is 265 g/mol. The van der Waals surface area contributed by atoms with E-state index in [1.54, 1.807) is 11.0 Å². The molecular formula is C12H15N3O4. The molecule has 7 nitrogen and oxygen atoms in total. The van der Waals surface area contributed by atoms with Crippen molar-refractivity contribution in [1.29, 1.82) is 0 Å². The first-order chi connectivity index (χ1) is 9.09. The van der Waals surface area contributed by atoms with Gasteiger partial charge in [0.25, 0.3) is 0 Å². The van der Waals surface area contributed by atoms with Crippen LogP contribution in [0.1, 0.15) is 25.7 Å². The van der Waals surface area contributed by atoms with Crippen molar-refractivity contribution in [3.63, 3.8) is 0 Å². The number of hydrogen-bond donors (Lipinski definition) is 1. The highest BCUT2D eigenvalue weighted by Gasteiger charge is 2.28. The molecule has 0 radical (unpaired) electrons. The molecule has 2 rings (SSSR count). The minimum Gasteiger partial charge on any atom is -0.480 e. The largest absolute Gasteiger partial charge is 0.480 e. The average molecular weight is 265 g/mol. The number of pyridine rings is 1. The highest BCUT2D eigenvalue weighted by atomic mass is 16.6. The van der Waals surface area contributed by atoms with Crippen molar-refractivity contribution < 1.29 is 14.8 Å². The SMILES string of the molecule is O=C(O)C1CCCCCN1c1ccc([N+](=O)[O-])nc1. The van der Waals surface area contributed by atoms with Gasteiger partial charge in [-0.2, -0.15) is 0 Å². The van der Waals surface area contributed by atoms with Crippen LogP contribution in [0.5, 0.6) is 0 Å². The molecule has 1 aromatic rings. The highest BCUT2D eigenvalue weighted by Crippen LogP contribution is 2.24. The van der Waals surface area contributed by atoms with Crippen molar-refractivity contribution in [3.05, 3.63) is 28.4 Å². The summed E-state index contributed by atoms with van der Waals surface area (Å²) in [5.74, 6) is -1.09. The maximum Gasteiger partial charge on any atom is 0.363 e. The van der Waals surface area contributed by atoms with Crippen LogP contribution in [-0.4, -0.2) is 33.6 Å². The van der Waals surface area contributed by atoms with Crippen LogP contribution in [0.4, 0.5) is 11.5 Å². The molecule has 1 saturated heterocycles. The van der Waals surface area contributed by atoms with E-state index in [1.807, 2.05) is 0 Å². The topological polar surface area (TPSA) is 96.6 Å². The van der Waals surface area contributed by atoms with Gasteiger partial charge in [-0.25, -0.2) is 4.79 Å². The van der Waals surface area contributed by atoms with Crippen LogP contribution in [0.2, 0.25) is 0 Å². The third-order valence-corrected chi connectivity index (χ3v) is 3.29. The van der Waals surface area contributed by atoms with Crippen molar-refractivity contribution in [1.82, 2.24) is 4.98 Å². The summed E-state index contributed by atoms with van der Waals surface area (Å²) < 4.78 is 0. The van der Waals surface area contributed by atoms with Gasteiger partial charge >= 0.3 is 11.8 Å². The maximum atomic E-state index is 11.3. The molecule has 1 unspecified atom stereocenters. The lowest BCUT2D eigenvalue weighted by molar-refractivity contribution is -0.389. The van der Waals surface area contributed by atoms with E-state index < -0.39 is 16.9 Å². The molecule has 102 valence electrons. The van der Waals surface area contributed by atoms with E-state index in [0.717, 1.165) is 19.3 Å². The Balaban J connectivity index is 2.25. The molecule has 0 saturated carbocycles. The van der Waals surface area contributed by atoms with Gasteiger partial charge in [0.1, 0.15) is 6.04 Å². The van der Waals surface area contributed by atoms with E-state index >= 15 is 0 Å². The van der Waals surface area contributed by atoms with Crippen LogP contribution < -0.4 is 4.90 Å². The fraction of sp³-hybridized carbons (Fsp3) is 0.500. The number of aliphatic carboxylic acids is 1. The van der Waals surface area contributed by atoms with Gasteiger partial charge in [0, 0.05) is 12.6 Å². The number of rotatable bonds is 3. The van der Waals surface area contributed by atoms with Crippen molar-refractivity contribution in [2.75, 3.05) is 11.4 Å². The third-order valence-electron chi connectivity index (χ3n) is 3.29. The second-order valence-electron chi connectivity index (χ2n) is 4.53. The smallest absolute Gasteiger partial charge is 0.363 e. The summed E-state index contributed by atoms with van der Waals surface area (Å²) in [7, 11) is 0. The first kappa shape index (κ1) is 13.3. The number of anilines is 1. The molecule has 1 fully saturated rings. The van der Waals surface area contributed by atoms with Crippen LogP contribution >= 0.6 is 0 Å². The summed E-state index contributed by atoms with van der Waals surface area (Å²) in [6, 6.07) is 2.29. The highest BCUT2D eigenvalue weighted by molar-refractivity contribution is 5.78. The normalized spacial score (nSPS) is 19.8. The Bertz CT molecular complexity index is 474. The quantitative estimate of drug-likeness (QED) is 0.661. The number of nitrogens with zero attached hydrogens (tertiary/aromatic N) is 3. The summed E-state index contributed by atoms with van der Waals surface area (Å²) in [5.41, 5.74) is 0.625. The fourth-order valence-electron chi connectivity index (χ4n) is 2.33. The van der Waals surface area contributed by atoms with Crippen LogP contribution in [0.25, 0.3) is 0 Å². The molecule has 1 N–H and O–H groups in total. The van der Waals surface area contributed by atoms with Gasteiger partial charge < -0.3 is 20.1 Å². The third kappa shape index (κ3) is 2.98. The zero-order valence-corrected chi connectivity index (χ0v) is 10.4. The molecule has 0 amide bonds. The number of carbonyl (C=O) groups is 1. The van der Waals surface area contributed by atoms with Crippen molar-refractivity contribution in [2.24, 2.45) is 0 Å². The number of nitro groups is 1. The summed E-state index contributed by atoms with van der Waals surface area (Å²) in [5, 5.41) is 19.8. The minimum absolute atomic E-state index is 0.231. The number of carboxylic acids is 1. The van der Waals surface area contributed by atoms with E-state index in [1.165, 1.54) is 12.3 Å². The molecule has 0 spiro atoms. The fourth-order valence-corrected chi connectivity index (χ4v) is 2.33. The van der Waals surface area contributed by atoms with Gasteiger partial charge in [-0.05, 0) is 28.8 Å². The Kier molecular flexibility index (Phi) is 3.94. The lowest BCUT2D eigenvalue weighted by atomic mass is 10.1. The van der Waals surface area contributed by atoms with Crippen LogP contribution in [0, 0.1) is 10.1 Å². The number of hydrogen-bond acceptors (Lipinski definition) is 5. The molecule has 1 aliphatic rings. The Morgan fingerprint density at radius 2 is 2.21 bits per heavy atom. The lowest BCUT2D eigenvalue weighted by Crippen LogP contribution is -2.40. The Hall–Kier alpha value is -2.18. The first-order valence-corrected chi connectivity index (χ1v) is 6.19. The Morgan fingerprint density at radius 3 is 2.79 bits per heavy atom. The number of aromatic nitrogens is 1. The van der Waals surface area contributed by atoms with Crippen LogP contribution in [0.15, 0.2) is 18.3 Å². The lowest BCUT2D eigenvalue weighted by Gasteiger charge is -2.27.